The molecular formula is C36H56N2O7. The Morgan fingerprint density at radius 2 is 1.71 bits per heavy atom. The summed E-state index contributed by atoms with van der Waals surface area (Å²) in [7, 11) is 0. The molecule has 9 nitrogen and oxygen atoms in total. The predicted octanol–water partition coefficient (Wildman–Crippen LogP) is 6.63. The molecule has 0 aromatic heterocycles. The van der Waals surface area contributed by atoms with Crippen molar-refractivity contribution >= 4 is 18.2 Å². The maximum atomic E-state index is 12.8. The van der Waals surface area contributed by atoms with E-state index in [4.69, 9.17) is 19.3 Å². The number of carboxylic acid groups (broad SMARTS) is 1. The third kappa shape index (κ3) is 4.82. The van der Waals surface area contributed by atoms with Gasteiger partial charge in [0.05, 0.1) is 18.6 Å². The number of likely N-dealkylation sites (tertiary alicyclic amines) is 1. The Kier molecular flexibility index (Phi) is 7.73. The van der Waals surface area contributed by atoms with Crippen molar-refractivity contribution < 1.29 is 33.7 Å². The van der Waals surface area contributed by atoms with E-state index in [2.05, 4.69) is 39.9 Å². The number of aliphatic carboxylic acids is 1. The molecule has 2 N–H and O–H groups in total. The third-order valence-corrected chi connectivity index (χ3v) is 14.8. The second-order valence-electron chi connectivity index (χ2n) is 17.2. The van der Waals surface area contributed by atoms with E-state index < -0.39 is 12.1 Å². The van der Waals surface area contributed by atoms with Crippen LogP contribution in [-0.4, -0.2) is 72.2 Å². The van der Waals surface area contributed by atoms with Crippen LogP contribution in [0.4, 0.5) is 9.59 Å². The second-order valence-corrected chi connectivity index (χ2v) is 17.2. The molecule has 5 saturated carbocycles. The Balaban J connectivity index is 1.03. The SMILES string of the molecule is CC(C)C(OC(=O)N1CCC1)C1CCC2C(CC3C4CCC5C(C)(C)C(OC(=O)NCCC(=O)O)CCC56CC46CCC23C)O1. The summed E-state index contributed by atoms with van der Waals surface area (Å²) < 4.78 is 19.1. The summed E-state index contributed by atoms with van der Waals surface area (Å²) in [5.41, 5.74) is 0.960. The van der Waals surface area contributed by atoms with E-state index in [1.165, 1.54) is 38.5 Å². The number of hydrogen-bond donors (Lipinski definition) is 2. The molecule has 0 aromatic carbocycles. The third-order valence-electron chi connectivity index (χ3n) is 14.8. The normalized spacial score (nSPS) is 44.6. The first-order valence-electron chi connectivity index (χ1n) is 18.1. The molecule has 2 amide bonds. The van der Waals surface area contributed by atoms with Gasteiger partial charge < -0.3 is 29.5 Å². The van der Waals surface area contributed by atoms with Crippen LogP contribution < -0.4 is 5.32 Å². The summed E-state index contributed by atoms with van der Waals surface area (Å²) in [5.74, 6) is 1.83. The van der Waals surface area contributed by atoms with Gasteiger partial charge in [-0.25, -0.2) is 9.59 Å². The first-order valence-corrected chi connectivity index (χ1v) is 18.1. The summed E-state index contributed by atoms with van der Waals surface area (Å²) in [6.07, 6.45) is 11.8. The molecule has 5 aliphatic carbocycles. The minimum absolute atomic E-state index is 0.0189. The van der Waals surface area contributed by atoms with Crippen LogP contribution in [0.5, 0.6) is 0 Å². The monoisotopic (exact) mass is 628 g/mol. The minimum Gasteiger partial charge on any atom is -0.481 e. The number of alkyl carbamates (subject to hydrolysis) is 1. The van der Waals surface area contributed by atoms with Crippen molar-refractivity contribution in [2.45, 2.75) is 136 Å². The molecule has 2 saturated heterocycles. The van der Waals surface area contributed by atoms with Crippen molar-refractivity contribution in [1.29, 1.82) is 0 Å². The Labute approximate surface area is 268 Å². The fourth-order valence-corrected chi connectivity index (χ4v) is 12.5. The first-order chi connectivity index (χ1) is 21.3. The maximum Gasteiger partial charge on any atom is 0.410 e. The van der Waals surface area contributed by atoms with Gasteiger partial charge in [0.15, 0.2) is 0 Å². The molecule has 9 heteroatoms. The maximum absolute atomic E-state index is 12.8. The van der Waals surface area contributed by atoms with Crippen LogP contribution in [0.15, 0.2) is 0 Å². The zero-order valence-corrected chi connectivity index (χ0v) is 28.1. The highest BCUT2D eigenvalue weighted by molar-refractivity contribution is 5.70. The number of carbonyl (C=O) groups is 3. The van der Waals surface area contributed by atoms with Gasteiger partial charge in [-0.05, 0) is 116 Å². The molecule has 7 rings (SSSR count). The molecule has 45 heavy (non-hydrogen) atoms. The Morgan fingerprint density at radius 1 is 0.956 bits per heavy atom. The minimum atomic E-state index is -0.926. The van der Waals surface area contributed by atoms with Gasteiger partial charge in [0, 0.05) is 25.0 Å². The van der Waals surface area contributed by atoms with Crippen molar-refractivity contribution in [2.24, 2.45) is 51.2 Å². The highest BCUT2D eigenvalue weighted by atomic mass is 16.6. The molecule has 2 heterocycles. The van der Waals surface area contributed by atoms with Gasteiger partial charge in [-0.2, -0.15) is 0 Å². The number of hydrogen-bond acceptors (Lipinski definition) is 6. The van der Waals surface area contributed by atoms with E-state index >= 15 is 0 Å². The van der Waals surface area contributed by atoms with Crippen LogP contribution in [0, 0.1) is 51.2 Å². The van der Waals surface area contributed by atoms with Crippen LogP contribution in [0.2, 0.25) is 0 Å². The Hall–Kier alpha value is -2.03. The summed E-state index contributed by atoms with van der Waals surface area (Å²) in [4.78, 5) is 38.0. The molecule has 11 atom stereocenters. The lowest BCUT2D eigenvalue weighted by Crippen LogP contribution is -2.55. The molecule has 0 aromatic rings. The molecule has 2 spiro atoms. The Bertz CT molecular complexity index is 1200. The van der Waals surface area contributed by atoms with Crippen molar-refractivity contribution in [1.82, 2.24) is 10.2 Å². The quantitative estimate of drug-likeness (QED) is 0.325. The molecule has 0 radical (unpaired) electrons. The number of fused-ring (bicyclic) bond motifs is 4. The molecular weight excluding hydrogens is 572 g/mol. The number of rotatable bonds is 7. The van der Waals surface area contributed by atoms with E-state index in [1.54, 1.807) is 0 Å². The number of amides is 2. The summed E-state index contributed by atoms with van der Waals surface area (Å²) in [6.45, 7) is 13.2. The summed E-state index contributed by atoms with van der Waals surface area (Å²) in [6, 6.07) is 0. The second kappa shape index (κ2) is 11.0. The fourth-order valence-electron chi connectivity index (χ4n) is 12.5. The zero-order valence-electron chi connectivity index (χ0n) is 28.1. The molecule has 2 aliphatic heterocycles. The number of carboxylic acids is 1. The van der Waals surface area contributed by atoms with Crippen molar-refractivity contribution in [3.63, 3.8) is 0 Å². The zero-order chi connectivity index (χ0) is 31.9. The van der Waals surface area contributed by atoms with Gasteiger partial charge >= 0.3 is 18.2 Å². The van der Waals surface area contributed by atoms with Crippen LogP contribution in [0.3, 0.4) is 0 Å². The van der Waals surface area contributed by atoms with Crippen LogP contribution in [0.25, 0.3) is 0 Å². The fraction of sp³-hybridized carbons (Fsp3) is 0.917. The largest absolute Gasteiger partial charge is 0.481 e. The number of ether oxygens (including phenoxy) is 3. The molecule has 252 valence electrons. The van der Waals surface area contributed by atoms with Crippen LogP contribution >= 0.6 is 0 Å². The van der Waals surface area contributed by atoms with Gasteiger partial charge in [-0.1, -0.05) is 34.6 Å². The lowest BCUT2D eigenvalue weighted by Gasteiger charge is -2.59. The summed E-state index contributed by atoms with van der Waals surface area (Å²) >= 11 is 0. The van der Waals surface area contributed by atoms with Crippen molar-refractivity contribution in [3.05, 3.63) is 0 Å². The Morgan fingerprint density at radius 3 is 2.40 bits per heavy atom. The molecule has 7 aliphatic rings. The smallest absolute Gasteiger partial charge is 0.410 e. The van der Waals surface area contributed by atoms with E-state index in [9.17, 15) is 14.4 Å². The van der Waals surface area contributed by atoms with E-state index in [0.717, 1.165) is 51.1 Å². The van der Waals surface area contributed by atoms with E-state index in [0.29, 0.717) is 34.0 Å². The lowest BCUT2D eigenvalue weighted by molar-refractivity contribution is -0.151. The van der Waals surface area contributed by atoms with Crippen molar-refractivity contribution in [2.75, 3.05) is 19.6 Å². The number of nitrogens with one attached hydrogen (secondary N) is 1. The topological polar surface area (TPSA) is 114 Å². The highest BCUT2D eigenvalue weighted by Crippen LogP contribution is 2.87. The number of nitrogens with zero attached hydrogens (tertiary/aromatic N) is 1. The predicted molar refractivity (Wildman–Crippen MR) is 167 cm³/mol. The van der Waals surface area contributed by atoms with E-state index in [-0.39, 0.29) is 54.8 Å². The van der Waals surface area contributed by atoms with Crippen LogP contribution in [-0.2, 0) is 19.0 Å². The first kappa shape index (κ1) is 31.6. The van der Waals surface area contributed by atoms with E-state index in [1.807, 2.05) is 4.90 Å². The van der Waals surface area contributed by atoms with Gasteiger partial charge in [-0.15, -0.1) is 0 Å². The molecule has 7 fully saturated rings. The van der Waals surface area contributed by atoms with Crippen LogP contribution in [0.1, 0.15) is 112 Å². The molecule has 11 unspecified atom stereocenters. The van der Waals surface area contributed by atoms with Crippen molar-refractivity contribution in [3.8, 4) is 0 Å². The highest BCUT2D eigenvalue weighted by Gasteiger charge is 2.81. The van der Waals surface area contributed by atoms with Gasteiger partial charge in [0.25, 0.3) is 0 Å². The van der Waals surface area contributed by atoms with Gasteiger partial charge in [-0.3, -0.25) is 4.79 Å². The van der Waals surface area contributed by atoms with Gasteiger partial charge in [0.1, 0.15) is 12.2 Å². The van der Waals surface area contributed by atoms with Gasteiger partial charge in [0.2, 0.25) is 0 Å². The number of carbonyl (C=O) groups excluding carboxylic acids is 2. The standard InChI is InChI=1S/C36H56N2O7/c1-21(2)30(45-32(42)38-17-6-18-38)25-9-7-23-26(43-25)19-24-22-8-10-27-33(3,4)28(44-31(41)37-16-12-29(39)40)11-13-36(27)20-35(22,36)15-14-34(23,24)5/h21-28,30H,6-20H2,1-5H3,(H,37,41)(H,39,40). The average Bonchev–Trinajstić information content (AvgIpc) is 3.52. The summed E-state index contributed by atoms with van der Waals surface area (Å²) in [5, 5.41) is 11.6. The molecule has 0 bridgehead atoms. The lowest BCUT2D eigenvalue weighted by atomic mass is 9.46. The average molecular weight is 629 g/mol.